The molecule has 1 saturated carbocycles. The van der Waals surface area contributed by atoms with Crippen molar-refractivity contribution in [3.05, 3.63) is 35.9 Å². The number of rotatable bonds is 6. The molecule has 2 nitrogen and oxygen atoms in total. The Balaban J connectivity index is 1.31. The minimum Gasteiger partial charge on any atom is -0.314 e. The summed E-state index contributed by atoms with van der Waals surface area (Å²) in [7, 11) is 0. The van der Waals surface area contributed by atoms with Crippen LogP contribution in [0.2, 0.25) is 0 Å². The molecule has 92 valence electrons. The van der Waals surface area contributed by atoms with Gasteiger partial charge < -0.3 is 10.2 Å². The molecule has 3 rings (SSSR count). The smallest absolute Gasteiger partial charge is 0.00936 e. The fraction of sp³-hybridized carbons (Fsp3) is 0.600. The van der Waals surface area contributed by atoms with E-state index in [1.165, 1.54) is 51.0 Å². The van der Waals surface area contributed by atoms with E-state index >= 15 is 0 Å². The molecule has 1 aromatic rings. The molecule has 0 spiro atoms. The predicted molar refractivity (Wildman–Crippen MR) is 71.3 cm³/mol. The van der Waals surface area contributed by atoms with Crippen molar-refractivity contribution in [2.75, 3.05) is 26.2 Å². The first-order chi connectivity index (χ1) is 8.42. The maximum Gasteiger partial charge on any atom is 0.00936 e. The van der Waals surface area contributed by atoms with E-state index in [1.54, 1.807) is 0 Å². The molecule has 1 aliphatic heterocycles. The summed E-state index contributed by atoms with van der Waals surface area (Å²) in [6, 6.07) is 11.8. The Morgan fingerprint density at radius 2 is 1.88 bits per heavy atom. The van der Waals surface area contributed by atoms with Crippen LogP contribution in [0, 0.1) is 0 Å². The average molecular weight is 230 g/mol. The van der Waals surface area contributed by atoms with E-state index in [2.05, 4.69) is 40.5 Å². The highest BCUT2D eigenvalue weighted by Crippen LogP contribution is 2.26. The van der Waals surface area contributed by atoms with Crippen molar-refractivity contribution < 1.29 is 0 Å². The van der Waals surface area contributed by atoms with E-state index in [4.69, 9.17) is 0 Å². The van der Waals surface area contributed by atoms with Gasteiger partial charge in [-0.05, 0) is 37.9 Å². The zero-order chi connectivity index (χ0) is 11.5. The van der Waals surface area contributed by atoms with Crippen molar-refractivity contribution in [1.29, 1.82) is 0 Å². The van der Waals surface area contributed by atoms with Gasteiger partial charge in [-0.1, -0.05) is 30.3 Å². The fourth-order valence-electron chi connectivity index (χ4n) is 2.58. The average Bonchev–Trinajstić information content (AvgIpc) is 3.11. The van der Waals surface area contributed by atoms with Gasteiger partial charge in [0, 0.05) is 25.0 Å². The monoisotopic (exact) mass is 230 g/mol. The lowest BCUT2D eigenvalue weighted by atomic mass is 9.91. The highest BCUT2D eigenvalue weighted by Gasteiger charge is 2.27. The Hall–Kier alpha value is -0.860. The molecular formula is C15H22N2. The van der Waals surface area contributed by atoms with Gasteiger partial charge in [0.25, 0.3) is 0 Å². The Kier molecular flexibility index (Phi) is 3.44. The largest absolute Gasteiger partial charge is 0.314 e. The van der Waals surface area contributed by atoms with Crippen molar-refractivity contribution in [2.24, 2.45) is 0 Å². The summed E-state index contributed by atoms with van der Waals surface area (Å²) in [5, 5.41) is 3.58. The maximum atomic E-state index is 3.58. The summed E-state index contributed by atoms with van der Waals surface area (Å²) < 4.78 is 0. The molecule has 0 atom stereocenters. The van der Waals surface area contributed by atoms with Gasteiger partial charge in [0.15, 0.2) is 0 Å². The van der Waals surface area contributed by atoms with Crippen LogP contribution in [0.15, 0.2) is 30.3 Å². The normalized spacial score (nSPS) is 21.4. The van der Waals surface area contributed by atoms with E-state index in [1.807, 2.05) is 0 Å². The second-order valence-electron chi connectivity index (χ2n) is 5.45. The van der Waals surface area contributed by atoms with E-state index in [0.717, 1.165) is 12.0 Å². The van der Waals surface area contributed by atoms with Crippen LogP contribution < -0.4 is 5.32 Å². The second kappa shape index (κ2) is 5.19. The minimum atomic E-state index is 0.785. The topological polar surface area (TPSA) is 15.3 Å². The molecule has 1 saturated heterocycles. The van der Waals surface area contributed by atoms with Gasteiger partial charge in [-0.2, -0.15) is 0 Å². The summed E-state index contributed by atoms with van der Waals surface area (Å²) in [4.78, 5) is 2.58. The highest BCUT2D eigenvalue weighted by molar-refractivity contribution is 5.22. The molecule has 1 heterocycles. The van der Waals surface area contributed by atoms with Crippen molar-refractivity contribution in [3.8, 4) is 0 Å². The summed E-state index contributed by atoms with van der Waals surface area (Å²) in [6.07, 6.45) is 4.11. The van der Waals surface area contributed by atoms with Crippen LogP contribution in [0.5, 0.6) is 0 Å². The van der Waals surface area contributed by atoms with Crippen molar-refractivity contribution in [2.45, 2.75) is 31.2 Å². The first-order valence-corrected chi connectivity index (χ1v) is 6.92. The fourth-order valence-corrected chi connectivity index (χ4v) is 2.58. The summed E-state index contributed by atoms with van der Waals surface area (Å²) in [6.45, 7) is 4.99. The van der Waals surface area contributed by atoms with Gasteiger partial charge in [0.05, 0.1) is 0 Å². The maximum absolute atomic E-state index is 3.58. The number of nitrogens with one attached hydrogen (secondary N) is 1. The van der Waals surface area contributed by atoms with Crippen LogP contribution in [0.3, 0.4) is 0 Å². The Morgan fingerprint density at radius 1 is 1.12 bits per heavy atom. The van der Waals surface area contributed by atoms with E-state index < -0.39 is 0 Å². The lowest BCUT2D eigenvalue weighted by Gasteiger charge is -2.39. The second-order valence-corrected chi connectivity index (χ2v) is 5.45. The van der Waals surface area contributed by atoms with Crippen LogP contribution in [-0.2, 0) is 0 Å². The Morgan fingerprint density at radius 3 is 2.59 bits per heavy atom. The molecule has 0 unspecified atom stereocenters. The van der Waals surface area contributed by atoms with Crippen molar-refractivity contribution in [3.63, 3.8) is 0 Å². The number of benzene rings is 1. The third kappa shape index (κ3) is 3.08. The molecule has 0 bridgehead atoms. The molecule has 1 N–H and O–H groups in total. The standard InChI is InChI=1S/C15H22N2/c1-2-5-13(6-3-1)14-11-17(12-14)10-4-9-16-15-7-8-15/h1-3,5-6,14-16H,4,7-12H2. The summed E-state index contributed by atoms with van der Waals surface area (Å²) in [5.74, 6) is 0.785. The number of hydrogen-bond acceptors (Lipinski definition) is 2. The molecule has 0 amide bonds. The van der Waals surface area contributed by atoms with Crippen LogP contribution in [0.4, 0.5) is 0 Å². The molecule has 1 aliphatic carbocycles. The third-order valence-corrected chi connectivity index (χ3v) is 3.89. The van der Waals surface area contributed by atoms with Crippen LogP contribution in [0.1, 0.15) is 30.7 Å². The number of likely N-dealkylation sites (tertiary alicyclic amines) is 1. The van der Waals surface area contributed by atoms with Crippen molar-refractivity contribution >= 4 is 0 Å². The van der Waals surface area contributed by atoms with Gasteiger partial charge in [-0.15, -0.1) is 0 Å². The van der Waals surface area contributed by atoms with E-state index in [0.29, 0.717) is 0 Å². The number of nitrogens with zero attached hydrogens (tertiary/aromatic N) is 1. The quantitative estimate of drug-likeness (QED) is 0.754. The van der Waals surface area contributed by atoms with Gasteiger partial charge in [0.1, 0.15) is 0 Å². The molecule has 0 aromatic heterocycles. The first-order valence-electron chi connectivity index (χ1n) is 6.92. The molecule has 2 fully saturated rings. The lowest BCUT2D eigenvalue weighted by Crippen LogP contribution is -2.45. The van der Waals surface area contributed by atoms with Gasteiger partial charge >= 0.3 is 0 Å². The van der Waals surface area contributed by atoms with Crippen LogP contribution in [-0.4, -0.2) is 37.1 Å². The highest BCUT2D eigenvalue weighted by atomic mass is 15.2. The molecule has 2 heteroatoms. The first kappa shape index (κ1) is 11.2. The lowest BCUT2D eigenvalue weighted by molar-refractivity contribution is 0.146. The zero-order valence-electron chi connectivity index (χ0n) is 10.4. The Labute approximate surface area is 104 Å². The Bertz CT molecular complexity index is 339. The SMILES string of the molecule is c1ccc(C2CN(CCCNC3CC3)C2)cc1. The van der Waals surface area contributed by atoms with Crippen LogP contribution in [0.25, 0.3) is 0 Å². The number of hydrogen-bond donors (Lipinski definition) is 1. The molecule has 0 radical (unpaired) electrons. The minimum absolute atomic E-state index is 0.785. The van der Waals surface area contributed by atoms with Gasteiger partial charge in [-0.3, -0.25) is 0 Å². The molecular weight excluding hydrogens is 208 g/mol. The van der Waals surface area contributed by atoms with Crippen LogP contribution >= 0.6 is 0 Å². The van der Waals surface area contributed by atoms with Gasteiger partial charge in [-0.25, -0.2) is 0 Å². The molecule has 2 aliphatic rings. The summed E-state index contributed by atoms with van der Waals surface area (Å²) >= 11 is 0. The van der Waals surface area contributed by atoms with E-state index in [9.17, 15) is 0 Å². The zero-order valence-corrected chi connectivity index (χ0v) is 10.4. The third-order valence-electron chi connectivity index (χ3n) is 3.89. The van der Waals surface area contributed by atoms with Gasteiger partial charge in [0.2, 0.25) is 0 Å². The van der Waals surface area contributed by atoms with Crippen molar-refractivity contribution in [1.82, 2.24) is 10.2 Å². The summed E-state index contributed by atoms with van der Waals surface area (Å²) in [5.41, 5.74) is 1.51. The van der Waals surface area contributed by atoms with E-state index in [-0.39, 0.29) is 0 Å². The molecule has 1 aromatic carbocycles. The predicted octanol–water partition coefficient (Wildman–Crippen LogP) is 2.23. The molecule has 17 heavy (non-hydrogen) atoms.